The first-order valence-corrected chi connectivity index (χ1v) is 10.2. The maximum absolute atomic E-state index is 12.0. The molecule has 0 unspecified atom stereocenters. The van der Waals surface area contributed by atoms with E-state index in [9.17, 15) is 4.79 Å². The van der Waals surface area contributed by atoms with Crippen LogP contribution in [0.15, 0.2) is 33.9 Å². The number of para-hydroxylation sites is 1. The van der Waals surface area contributed by atoms with Crippen molar-refractivity contribution in [3.8, 4) is 17.2 Å². The van der Waals surface area contributed by atoms with Crippen LogP contribution in [0.25, 0.3) is 11.5 Å². The number of thioether (sulfide) groups is 1. The lowest BCUT2D eigenvalue weighted by atomic mass is 9.95. The summed E-state index contributed by atoms with van der Waals surface area (Å²) in [7, 11) is 0. The molecule has 1 aromatic carbocycles. The minimum absolute atomic E-state index is 0.103. The summed E-state index contributed by atoms with van der Waals surface area (Å²) in [4.78, 5) is 12.0. The van der Waals surface area contributed by atoms with Gasteiger partial charge < -0.3 is 14.5 Å². The molecule has 1 fully saturated rings. The molecule has 7 heteroatoms. The van der Waals surface area contributed by atoms with Crippen molar-refractivity contribution < 1.29 is 13.9 Å². The van der Waals surface area contributed by atoms with Gasteiger partial charge in [0.25, 0.3) is 11.1 Å². The predicted octanol–water partition coefficient (Wildman–Crippen LogP) is 4.07. The second kappa shape index (κ2) is 9.62. The van der Waals surface area contributed by atoms with E-state index in [0.29, 0.717) is 35.9 Å². The molecule has 1 N–H and O–H groups in total. The highest BCUT2D eigenvalue weighted by Crippen LogP contribution is 2.30. The molecule has 2 aromatic rings. The molecule has 0 spiro atoms. The monoisotopic (exact) mass is 375 g/mol. The molecule has 3 rings (SSSR count). The van der Waals surface area contributed by atoms with Gasteiger partial charge in [0.2, 0.25) is 5.91 Å². The van der Waals surface area contributed by atoms with Crippen molar-refractivity contribution in [3.05, 3.63) is 24.3 Å². The van der Waals surface area contributed by atoms with Crippen LogP contribution in [0.4, 0.5) is 0 Å². The first kappa shape index (κ1) is 18.8. The summed E-state index contributed by atoms with van der Waals surface area (Å²) >= 11 is 1.40. The van der Waals surface area contributed by atoms with Gasteiger partial charge in [-0.1, -0.05) is 43.2 Å². The number of amides is 1. The van der Waals surface area contributed by atoms with Crippen molar-refractivity contribution in [2.45, 2.75) is 56.7 Å². The highest BCUT2D eigenvalue weighted by Gasteiger charge is 2.17. The lowest BCUT2D eigenvalue weighted by Crippen LogP contribution is -2.36. The van der Waals surface area contributed by atoms with Crippen LogP contribution in [-0.2, 0) is 4.79 Å². The smallest absolute Gasteiger partial charge is 0.276 e. The molecular formula is C19H25N3O3S. The average molecular weight is 375 g/mol. The van der Waals surface area contributed by atoms with Crippen molar-refractivity contribution in [1.29, 1.82) is 0 Å². The fourth-order valence-electron chi connectivity index (χ4n) is 3.08. The number of rotatable bonds is 8. The van der Waals surface area contributed by atoms with E-state index in [2.05, 4.69) is 15.5 Å². The summed E-state index contributed by atoms with van der Waals surface area (Å²) in [6, 6.07) is 7.94. The second-order valence-electron chi connectivity index (χ2n) is 6.30. The number of aromatic nitrogens is 2. The summed E-state index contributed by atoms with van der Waals surface area (Å²) < 4.78 is 11.3. The molecule has 0 atom stereocenters. The van der Waals surface area contributed by atoms with Crippen LogP contribution >= 0.6 is 11.8 Å². The number of hydrogen-bond donors (Lipinski definition) is 1. The number of carbonyl (C=O) groups is 1. The van der Waals surface area contributed by atoms with Gasteiger partial charge >= 0.3 is 0 Å². The molecule has 1 amide bonds. The van der Waals surface area contributed by atoms with Crippen LogP contribution in [-0.4, -0.2) is 34.5 Å². The number of benzene rings is 1. The Morgan fingerprint density at radius 3 is 2.88 bits per heavy atom. The molecular weight excluding hydrogens is 350 g/mol. The number of nitrogens with one attached hydrogen (secondary N) is 1. The van der Waals surface area contributed by atoms with Gasteiger partial charge in [0.15, 0.2) is 0 Å². The maximum Gasteiger partial charge on any atom is 0.276 e. The van der Waals surface area contributed by atoms with Crippen LogP contribution in [0.3, 0.4) is 0 Å². The molecule has 0 radical (unpaired) electrons. The molecule has 140 valence electrons. The summed E-state index contributed by atoms with van der Waals surface area (Å²) in [6.45, 7) is 2.51. The van der Waals surface area contributed by atoms with Crippen LogP contribution in [0, 0.1) is 0 Å². The van der Waals surface area contributed by atoms with Gasteiger partial charge in [-0.2, -0.15) is 0 Å². The molecule has 1 heterocycles. The molecule has 26 heavy (non-hydrogen) atoms. The van der Waals surface area contributed by atoms with Crippen LogP contribution in [0.5, 0.6) is 5.75 Å². The summed E-state index contributed by atoms with van der Waals surface area (Å²) in [6.07, 6.45) is 6.38. The van der Waals surface area contributed by atoms with Crippen molar-refractivity contribution in [2.75, 3.05) is 12.4 Å². The van der Waals surface area contributed by atoms with E-state index in [-0.39, 0.29) is 5.91 Å². The van der Waals surface area contributed by atoms with Crippen molar-refractivity contribution in [2.24, 2.45) is 0 Å². The average Bonchev–Trinajstić information content (AvgIpc) is 3.12. The fraction of sp³-hybridized carbons (Fsp3) is 0.526. The predicted molar refractivity (Wildman–Crippen MR) is 101 cm³/mol. The van der Waals surface area contributed by atoms with E-state index in [1.54, 1.807) is 0 Å². The molecule has 0 aliphatic heterocycles. The Morgan fingerprint density at radius 2 is 2.08 bits per heavy atom. The van der Waals surface area contributed by atoms with E-state index in [1.165, 1.54) is 31.0 Å². The lowest BCUT2D eigenvalue weighted by molar-refractivity contribution is -0.121. The Kier molecular flexibility index (Phi) is 6.94. The third-order valence-corrected chi connectivity index (χ3v) is 5.17. The van der Waals surface area contributed by atoms with Gasteiger partial charge in [-0.3, -0.25) is 4.79 Å². The third-order valence-electron chi connectivity index (χ3n) is 4.35. The summed E-state index contributed by atoms with van der Waals surface area (Å²) in [5, 5.41) is 11.8. The zero-order valence-corrected chi connectivity index (χ0v) is 15.9. The Labute approximate surface area is 158 Å². The van der Waals surface area contributed by atoms with Crippen LogP contribution < -0.4 is 10.1 Å². The Hall–Kier alpha value is -2.02. The first-order valence-electron chi connectivity index (χ1n) is 9.24. The lowest BCUT2D eigenvalue weighted by Gasteiger charge is -2.22. The molecule has 1 aliphatic rings. The van der Waals surface area contributed by atoms with E-state index in [4.69, 9.17) is 9.15 Å². The second-order valence-corrected chi connectivity index (χ2v) is 7.35. The Bertz CT molecular complexity index is 714. The minimum Gasteiger partial charge on any atom is -0.493 e. The minimum atomic E-state index is 0.103. The standard InChI is InChI=1S/C19H25N3O3S/c1-2-24-16-11-7-6-10-15(16)18-21-22-19(25-18)26-13-12-17(23)20-14-8-4-3-5-9-14/h6-7,10-11,14H,2-5,8-9,12-13H2,1H3,(H,20,23). The van der Waals surface area contributed by atoms with Gasteiger partial charge in [-0.05, 0) is 31.9 Å². The van der Waals surface area contributed by atoms with Gasteiger partial charge in [-0.25, -0.2) is 0 Å². The van der Waals surface area contributed by atoms with Gasteiger partial charge in [0, 0.05) is 18.2 Å². The maximum atomic E-state index is 12.0. The molecule has 1 saturated carbocycles. The fourth-order valence-corrected chi connectivity index (χ4v) is 3.78. The van der Waals surface area contributed by atoms with Crippen LogP contribution in [0.2, 0.25) is 0 Å². The SMILES string of the molecule is CCOc1ccccc1-c1nnc(SCCC(=O)NC2CCCCC2)o1. The Morgan fingerprint density at radius 1 is 1.27 bits per heavy atom. The van der Waals surface area contributed by atoms with Gasteiger partial charge in [-0.15, -0.1) is 10.2 Å². The van der Waals surface area contributed by atoms with Gasteiger partial charge in [0.05, 0.1) is 12.2 Å². The molecule has 1 aromatic heterocycles. The molecule has 0 bridgehead atoms. The summed E-state index contributed by atoms with van der Waals surface area (Å²) in [5.74, 6) is 1.88. The van der Waals surface area contributed by atoms with Crippen molar-refractivity contribution in [3.63, 3.8) is 0 Å². The summed E-state index contributed by atoms with van der Waals surface area (Å²) in [5.41, 5.74) is 0.781. The van der Waals surface area contributed by atoms with E-state index < -0.39 is 0 Å². The number of carbonyl (C=O) groups excluding carboxylic acids is 1. The van der Waals surface area contributed by atoms with Gasteiger partial charge in [0.1, 0.15) is 5.75 Å². The zero-order chi connectivity index (χ0) is 18.2. The zero-order valence-electron chi connectivity index (χ0n) is 15.1. The van der Waals surface area contributed by atoms with E-state index >= 15 is 0 Å². The normalized spacial score (nSPS) is 15.0. The number of nitrogens with zero attached hydrogens (tertiary/aromatic N) is 2. The molecule has 1 aliphatic carbocycles. The topological polar surface area (TPSA) is 77.2 Å². The highest BCUT2D eigenvalue weighted by molar-refractivity contribution is 7.99. The van der Waals surface area contributed by atoms with Crippen LogP contribution in [0.1, 0.15) is 45.4 Å². The molecule has 0 saturated heterocycles. The highest BCUT2D eigenvalue weighted by atomic mass is 32.2. The quantitative estimate of drug-likeness (QED) is 0.701. The Balaban J connectivity index is 1.49. The van der Waals surface area contributed by atoms with Crippen molar-refractivity contribution in [1.82, 2.24) is 15.5 Å². The number of ether oxygens (including phenoxy) is 1. The molecule has 6 nitrogen and oxygen atoms in total. The number of hydrogen-bond acceptors (Lipinski definition) is 6. The van der Waals surface area contributed by atoms with Crippen molar-refractivity contribution >= 4 is 17.7 Å². The third kappa shape index (κ3) is 5.24. The largest absolute Gasteiger partial charge is 0.493 e. The van der Waals surface area contributed by atoms with E-state index in [1.807, 2.05) is 31.2 Å². The van der Waals surface area contributed by atoms with E-state index in [0.717, 1.165) is 24.2 Å². The first-order chi connectivity index (χ1) is 12.8.